The first kappa shape index (κ1) is 20.3. The predicted molar refractivity (Wildman–Crippen MR) is 109 cm³/mol. The third-order valence-electron chi connectivity index (χ3n) is 4.95. The minimum Gasteiger partial charge on any atom is -0.441 e. The zero-order valence-corrected chi connectivity index (χ0v) is 17.0. The van der Waals surface area contributed by atoms with Gasteiger partial charge in [0.05, 0.1) is 17.8 Å². The van der Waals surface area contributed by atoms with Gasteiger partial charge < -0.3 is 9.73 Å². The Balaban J connectivity index is 1.61. The molecule has 1 amide bonds. The van der Waals surface area contributed by atoms with Crippen LogP contribution in [0.4, 0.5) is 4.39 Å². The van der Waals surface area contributed by atoms with Gasteiger partial charge in [0.15, 0.2) is 11.7 Å². The fourth-order valence-corrected chi connectivity index (χ4v) is 4.20. The van der Waals surface area contributed by atoms with Crippen molar-refractivity contribution in [3.8, 4) is 11.3 Å². The number of thiophene rings is 1. The maximum atomic E-state index is 13.9. The standard InChI is InChI=1S/C22H25FN2O2S/c1-3-15(4-2)22(19-10-7-13-28-19)25-20(26)11-12-21-24-14-18(27-21)16-8-5-6-9-17(16)23/h5-10,13-15,22H,3-4,11-12H2,1-2H3,(H,25,26). The number of aryl methyl sites for hydroxylation is 1. The Bertz CT molecular complexity index is 888. The van der Waals surface area contributed by atoms with E-state index in [1.807, 2.05) is 11.4 Å². The van der Waals surface area contributed by atoms with Crippen molar-refractivity contribution in [2.75, 3.05) is 0 Å². The number of carbonyl (C=O) groups excluding carboxylic acids is 1. The highest BCUT2D eigenvalue weighted by atomic mass is 32.1. The Hall–Kier alpha value is -2.47. The zero-order valence-electron chi connectivity index (χ0n) is 16.2. The Morgan fingerprint density at radius 2 is 2.00 bits per heavy atom. The second kappa shape index (κ2) is 9.64. The van der Waals surface area contributed by atoms with Gasteiger partial charge in [0, 0.05) is 17.7 Å². The van der Waals surface area contributed by atoms with Crippen molar-refractivity contribution in [2.45, 2.75) is 45.6 Å². The lowest BCUT2D eigenvalue weighted by Crippen LogP contribution is -2.32. The Labute approximate surface area is 168 Å². The third kappa shape index (κ3) is 4.87. The lowest BCUT2D eigenvalue weighted by atomic mass is 9.93. The first-order chi connectivity index (χ1) is 13.6. The minimum atomic E-state index is -0.355. The van der Waals surface area contributed by atoms with E-state index in [1.54, 1.807) is 29.5 Å². The maximum absolute atomic E-state index is 13.9. The molecule has 0 aliphatic carbocycles. The average Bonchev–Trinajstić information content (AvgIpc) is 3.39. The zero-order chi connectivity index (χ0) is 19.9. The fourth-order valence-electron chi connectivity index (χ4n) is 3.33. The van der Waals surface area contributed by atoms with Crippen LogP contribution < -0.4 is 5.32 Å². The molecule has 2 aromatic heterocycles. The van der Waals surface area contributed by atoms with Gasteiger partial charge in [-0.1, -0.05) is 44.9 Å². The van der Waals surface area contributed by atoms with Crippen LogP contribution in [0.1, 0.15) is 49.9 Å². The van der Waals surface area contributed by atoms with Crippen LogP contribution in [0, 0.1) is 11.7 Å². The summed E-state index contributed by atoms with van der Waals surface area (Å²) < 4.78 is 19.5. The van der Waals surface area contributed by atoms with Gasteiger partial charge in [-0.15, -0.1) is 11.3 Å². The average molecular weight is 401 g/mol. The molecular weight excluding hydrogens is 375 g/mol. The molecule has 1 atom stereocenters. The number of nitrogens with one attached hydrogen (secondary N) is 1. The minimum absolute atomic E-state index is 0.0287. The van der Waals surface area contributed by atoms with E-state index in [0.29, 0.717) is 29.6 Å². The van der Waals surface area contributed by atoms with E-state index in [0.717, 1.165) is 12.8 Å². The highest BCUT2D eigenvalue weighted by molar-refractivity contribution is 7.10. The van der Waals surface area contributed by atoms with Crippen molar-refractivity contribution in [2.24, 2.45) is 5.92 Å². The van der Waals surface area contributed by atoms with Crippen LogP contribution >= 0.6 is 11.3 Å². The summed E-state index contributed by atoms with van der Waals surface area (Å²) in [4.78, 5) is 17.9. The van der Waals surface area contributed by atoms with Gasteiger partial charge in [-0.25, -0.2) is 9.37 Å². The SMILES string of the molecule is CCC(CC)C(NC(=O)CCc1ncc(-c2ccccc2F)o1)c1cccs1. The van der Waals surface area contributed by atoms with Crippen molar-refractivity contribution in [3.63, 3.8) is 0 Å². The quantitative estimate of drug-likeness (QED) is 0.496. The van der Waals surface area contributed by atoms with E-state index < -0.39 is 0 Å². The van der Waals surface area contributed by atoms with Crippen LogP contribution in [0.5, 0.6) is 0 Å². The molecule has 0 aliphatic rings. The molecule has 0 bridgehead atoms. The molecule has 0 spiro atoms. The van der Waals surface area contributed by atoms with Gasteiger partial charge in [0.25, 0.3) is 0 Å². The van der Waals surface area contributed by atoms with Gasteiger partial charge in [-0.05, 0) is 29.5 Å². The summed E-state index contributed by atoms with van der Waals surface area (Å²) >= 11 is 1.67. The molecule has 0 saturated heterocycles. The van der Waals surface area contributed by atoms with Crippen molar-refractivity contribution in [1.29, 1.82) is 0 Å². The molecule has 3 aromatic rings. The van der Waals surface area contributed by atoms with Crippen LogP contribution in [-0.4, -0.2) is 10.9 Å². The number of amides is 1. The lowest BCUT2D eigenvalue weighted by Gasteiger charge is -2.25. The van der Waals surface area contributed by atoms with E-state index in [9.17, 15) is 9.18 Å². The molecule has 148 valence electrons. The van der Waals surface area contributed by atoms with Crippen LogP contribution in [0.15, 0.2) is 52.4 Å². The largest absolute Gasteiger partial charge is 0.441 e. The monoisotopic (exact) mass is 400 g/mol. The Morgan fingerprint density at radius 1 is 1.21 bits per heavy atom. The smallest absolute Gasteiger partial charge is 0.221 e. The summed E-state index contributed by atoms with van der Waals surface area (Å²) in [6.45, 7) is 4.30. The molecule has 1 aromatic carbocycles. The maximum Gasteiger partial charge on any atom is 0.221 e. The van der Waals surface area contributed by atoms with Gasteiger partial charge in [-0.3, -0.25) is 4.79 Å². The number of hydrogen-bond donors (Lipinski definition) is 1. The number of halogens is 1. The van der Waals surface area contributed by atoms with E-state index >= 15 is 0 Å². The predicted octanol–water partition coefficient (Wildman–Crippen LogP) is 5.77. The number of benzene rings is 1. The molecule has 0 radical (unpaired) electrons. The van der Waals surface area contributed by atoms with Gasteiger partial charge in [-0.2, -0.15) is 0 Å². The molecule has 4 nitrogen and oxygen atoms in total. The molecule has 6 heteroatoms. The third-order valence-corrected chi connectivity index (χ3v) is 5.90. The first-order valence-electron chi connectivity index (χ1n) is 9.64. The first-order valence-corrected chi connectivity index (χ1v) is 10.5. The van der Waals surface area contributed by atoms with Gasteiger partial charge in [0.2, 0.25) is 5.91 Å². The van der Waals surface area contributed by atoms with Crippen LogP contribution in [0.25, 0.3) is 11.3 Å². The lowest BCUT2D eigenvalue weighted by molar-refractivity contribution is -0.122. The molecule has 0 aliphatic heterocycles. The number of rotatable bonds is 9. The van der Waals surface area contributed by atoms with Crippen LogP contribution in [0.3, 0.4) is 0 Å². The molecule has 1 N–H and O–H groups in total. The van der Waals surface area contributed by atoms with Gasteiger partial charge >= 0.3 is 0 Å². The van der Waals surface area contributed by atoms with Crippen LogP contribution in [0.2, 0.25) is 0 Å². The van der Waals surface area contributed by atoms with Gasteiger partial charge in [0.1, 0.15) is 5.82 Å². The normalized spacial score (nSPS) is 12.3. The number of hydrogen-bond acceptors (Lipinski definition) is 4. The summed E-state index contributed by atoms with van der Waals surface area (Å²) in [6.07, 6.45) is 4.17. The number of carbonyl (C=O) groups is 1. The summed E-state index contributed by atoms with van der Waals surface area (Å²) in [5, 5.41) is 5.22. The summed E-state index contributed by atoms with van der Waals surface area (Å²) in [5.41, 5.74) is 0.372. The van der Waals surface area contributed by atoms with E-state index in [-0.39, 0.29) is 24.2 Å². The molecule has 3 rings (SSSR count). The summed E-state index contributed by atoms with van der Waals surface area (Å²) in [6, 6.07) is 10.5. The topological polar surface area (TPSA) is 55.1 Å². The van der Waals surface area contributed by atoms with E-state index in [2.05, 4.69) is 30.2 Å². The van der Waals surface area contributed by atoms with E-state index in [1.165, 1.54) is 17.1 Å². The highest BCUT2D eigenvalue weighted by Crippen LogP contribution is 2.30. The van der Waals surface area contributed by atoms with E-state index in [4.69, 9.17) is 4.42 Å². The Morgan fingerprint density at radius 3 is 2.68 bits per heavy atom. The van der Waals surface area contributed by atoms with Crippen molar-refractivity contribution in [1.82, 2.24) is 10.3 Å². The fraction of sp³-hybridized carbons (Fsp3) is 0.364. The molecule has 28 heavy (non-hydrogen) atoms. The summed E-state index contributed by atoms with van der Waals surface area (Å²) in [7, 11) is 0. The van der Waals surface area contributed by atoms with Crippen LogP contribution in [-0.2, 0) is 11.2 Å². The molecule has 1 unspecified atom stereocenters. The number of oxazole rings is 1. The second-order valence-corrected chi connectivity index (χ2v) is 7.71. The molecule has 2 heterocycles. The Kier molecular flexibility index (Phi) is 6.98. The van der Waals surface area contributed by atoms with Crippen molar-refractivity contribution in [3.05, 3.63) is 64.6 Å². The van der Waals surface area contributed by atoms with Crippen molar-refractivity contribution >= 4 is 17.2 Å². The molecule has 0 saturated carbocycles. The number of aromatic nitrogens is 1. The molecular formula is C22H25FN2O2S. The van der Waals surface area contributed by atoms with Crippen molar-refractivity contribution < 1.29 is 13.6 Å². The molecule has 0 fully saturated rings. The second-order valence-electron chi connectivity index (χ2n) is 6.74. The number of nitrogens with zero attached hydrogens (tertiary/aromatic N) is 1. The summed E-state index contributed by atoms with van der Waals surface area (Å²) in [5.74, 6) is 0.824. The highest BCUT2D eigenvalue weighted by Gasteiger charge is 2.23.